The zero-order chi connectivity index (χ0) is 17.5. The molecule has 2 heterocycles. The van der Waals surface area contributed by atoms with Gasteiger partial charge in [0.05, 0.1) is 11.3 Å². The average molecular weight is 340 g/mol. The van der Waals surface area contributed by atoms with E-state index >= 15 is 0 Å². The molecule has 0 bridgehead atoms. The summed E-state index contributed by atoms with van der Waals surface area (Å²) < 4.78 is 42.5. The molecular formula is C15H15F3N4O2. The minimum Gasteiger partial charge on any atom is -0.353 e. The fraction of sp³-hybridized carbons (Fsp3) is 0.333. The van der Waals surface area contributed by atoms with Crippen molar-refractivity contribution in [2.75, 3.05) is 13.1 Å². The average Bonchev–Trinajstić information content (AvgIpc) is 2.83. The van der Waals surface area contributed by atoms with E-state index in [1.165, 1.54) is 6.92 Å². The molecule has 1 fully saturated rings. The molecule has 9 heteroatoms. The summed E-state index contributed by atoms with van der Waals surface area (Å²) >= 11 is 0. The number of nitrogens with zero attached hydrogens (tertiary/aromatic N) is 1. The minimum absolute atomic E-state index is 0.0225. The first-order chi connectivity index (χ1) is 11.3. The van der Waals surface area contributed by atoms with Crippen LogP contribution in [0, 0.1) is 6.92 Å². The molecule has 1 aromatic heterocycles. The highest BCUT2D eigenvalue weighted by Crippen LogP contribution is 2.40. The third-order valence-corrected chi connectivity index (χ3v) is 4.03. The van der Waals surface area contributed by atoms with Crippen LogP contribution in [-0.4, -0.2) is 35.0 Å². The fourth-order valence-electron chi connectivity index (χ4n) is 2.96. The number of para-hydroxylation sites is 1. The van der Waals surface area contributed by atoms with Crippen molar-refractivity contribution in [1.82, 2.24) is 20.4 Å². The molecule has 1 amide bonds. The SMILES string of the molecule is Cc1[nH]n(-c2ccccc2)c(=O)c1[C@]1(C(F)(F)F)NCCNC1=O. The van der Waals surface area contributed by atoms with Gasteiger partial charge in [0.15, 0.2) is 0 Å². The Bertz CT molecular complexity index is 825. The second-order valence-corrected chi connectivity index (χ2v) is 5.52. The number of carbonyl (C=O) groups excluding carboxylic acids is 1. The Labute approximate surface area is 134 Å². The minimum atomic E-state index is -4.97. The summed E-state index contributed by atoms with van der Waals surface area (Å²) in [6.45, 7) is 1.31. The molecular weight excluding hydrogens is 325 g/mol. The Morgan fingerprint density at radius 2 is 1.79 bits per heavy atom. The Morgan fingerprint density at radius 3 is 2.38 bits per heavy atom. The van der Waals surface area contributed by atoms with Gasteiger partial charge in [-0.2, -0.15) is 13.2 Å². The number of rotatable bonds is 2. The number of halogens is 3. The summed E-state index contributed by atoms with van der Waals surface area (Å²) in [6, 6.07) is 8.19. The highest BCUT2D eigenvalue weighted by atomic mass is 19.4. The van der Waals surface area contributed by atoms with Gasteiger partial charge in [-0.15, -0.1) is 0 Å². The summed E-state index contributed by atoms with van der Waals surface area (Å²) in [6.07, 6.45) is -4.97. The Balaban J connectivity index is 2.26. The molecule has 0 spiro atoms. The Hall–Kier alpha value is -2.55. The van der Waals surface area contributed by atoms with Crippen LogP contribution in [0.25, 0.3) is 5.69 Å². The molecule has 0 unspecified atom stereocenters. The summed E-state index contributed by atoms with van der Waals surface area (Å²) in [4.78, 5) is 24.9. The van der Waals surface area contributed by atoms with Crippen molar-refractivity contribution < 1.29 is 18.0 Å². The predicted molar refractivity (Wildman–Crippen MR) is 79.9 cm³/mol. The van der Waals surface area contributed by atoms with Crippen LogP contribution in [0.3, 0.4) is 0 Å². The maximum absolute atomic E-state index is 13.8. The number of piperazine rings is 1. The van der Waals surface area contributed by atoms with Crippen LogP contribution in [0.2, 0.25) is 0 Å². The lowest BCUT2D eigenvalue weighted by Crippen LogP contribution is -2.69. The van der Waals surface area contributed by atoms with Crippen LogP contribution in [0.5, 0.6) is 0 Å². The van der Waals surface area contributed by atoms with Gasteiger partial charge in [0, 0.05) is 18.8 Å². The van der Waals surface area contributed by atoms with E-state index in [4.69, 9.17) is 0 Å². The number of aromatic amines is 1. The summed E-state index contributed by atoms with van der Waals surface area (Å²) in [5.41, 5.74) is -4.27. The second kappa shape index (κ2) is 5.52. The highest BCUT2D eigenvalue weighted by Gasteiger charge is 2.64. The molecule has 1 aliphatic heterocycles. The lowest BCUT2D eigenvalue weighted by Gasteiger charge is -2.37. The monoisotopic (exact) mass is 340 g/mol. The summed E-state index contributed by atoms with van der Waals surface area (Å²) in [5.74, 6) is -1.28. The van der Waals surface area contributed by atoms with Gasteiger partial charge in [-0.1, -0.05) is 18.2 Å². The standard InChI is InChI=1S/C15H15F3N4O2/c1-9-11(12(23)22(21-9)10-5-3-2-4-6-10)14(15(16,17)18)13(24)19-7-8-20-14/h2-6,20-21H,7-8H2,1H3,(H,19,24)/t14-/m0/s1. The van der Waals surface area contributed by atoms with Crippen LogP contribution >= 0.6 is 0 Å². The van der Waals surface area contributed by atoms with E-state index in [1.54, 1.807) is 30.3 Å². The van der Waals surface area contributed by atoms with Gasteiger partial charge in [0.1, 0.15) is 0 Å². The molecule has 128 valence electrons. The molecule has 1 aromatic carbocycles. The number of nitrogens with one attached hydrogen (secondary N) is 3. The second-order valence-electron chi connectivity index (χ2n) is 5.52. The fourth-order valence-corrected chi connectivity index (χ4v) is 2.96. The van der Waals surface area contributed by atoms with Crippen molar-refractivity contribution in [3.8, 4) is 5.69 Å². The summed E-state index contributed by atoms with van der Waals surface area (Å²) in [5, 5.41) is 7.04. The molecule has 3 rings (SSSR count). The number of hydrogen-bond donors (Lipinski definition) is 3. The van der Waals surface area contributed by atoms with Gasteiger partial charge < -0.3 is 5.32 Å². The maximum atomic E-state index is 13.8. The van der Waals surface area contributed by atoms with Crippen molar-refractivity contribution in [3.05, 3.63) is 51.9 Å². The largest absolute Gasteiger partial charge is 0.420 e. The van der Waals surface area contributed by atoms with Gasteiger partial charge in [-0.25, -0.2) is 4.68 Å². The zero-order valence-corrected chi connectivity index (χ0v) is 12.7. The molecule has 0 radical (unpaired) electrons. The molecule has 0 aliphatic carbocycles. The van der Waals surface area contributed by atoms with Gasteiger partial charge in [0.25, 0.3) is 11.5 Å². The lowest BCUT2D eigenvalue weighted by molar-refractivity contribution is -0.206. The Morgan fingerprint density at radius 1 is 1.12 bits per heavy atom. The summed E-state index contributed by atoms with van der Waals surface area (Å²) in [7, 11) is 0. The molecule has 1 atom stereocenters. The van der Waals surface area contributed by atoms with E-state index in [-0.39, 0.29) is 18.8 Å². The first-order valence-electron chi connectivity index (χ1n) is 7.26. The number of carbonyl (C=O) groups is 1. The number of amides is 1. The van der Waals surface area contributed by atoms with Crippen LogP contribution in [0.4, 0.5) is 13.2 Å². The van der Waals surface area contributed by atoms with E-state index < -0.39 is 28.7 Å². The third kappa shape index (κ3) is 2.23. The van der Waals surface area contributed by atoms with E-state index in [9.17, 15) is 22.8 Å². The molecule has 6 nitrogen and oxygen atoms in total. The van der Waals surface area contributed by atoms with Crippen molar-refractivity contribution in [2.24, 2.45) is 0 Å². The van der Waals surface area contributed by atoms with E-state index in [0.717, 1.165) is 4.68 Å². The van der Waals surface area contributed by atoms with Crippen molar-refractivity contribution >= 4 is 5.91 Å². The van der Waals surface area contributed by atoms with E-state index in [1.807, 2.05) is 0 Å². The lowest BCUT2D eigenvalue weighted by atomic mass is 9.86. The number of H-pyrrole nitrogens is 1. The smallest absolute Gasteiger partial charge is 0.353 e. The molecule has 0 saturated carbocycles. The molecule has 1 saturated heterocycles. The van der Waals surface area contributed by atoms with Gasteiger partial charge in [-0.05, 0) is 19.1 Å². The number of alkyl halides is 3. The van der Waals surface area contributed by atoms with E-state index in [0.29, 0.717) is 5.69 Å². The molecule has 24 heavy (non-hydrogen) atoms. The molecule has 3 N–H and O–H groups in total. The topological polar surface area (TPSA) is 78.9 Å². The number of hydrogen-bond acceptors (Lipinski definition) is 3. The number of benzene rings is 1. The highest BCUT2D eigenvalue weighted by molar-refractivity contribution is 5.89. The van der Waals surface area contributed by atoms with Gasteiger partial charge in [0.2, 0.25) is 5.54 Å². The Kier molecular flexibility index (Phi) is 3.75. The van der Waals surface area contributed by atoms with Crippen LogP contribution in [0.1, 0.15) is 11.3 Å². The van der Waals surface area contributed by atoms with Crippen LogP contribution in [-0.2, 0) is 10.3 Å². The molecule has 1 aliphatic rings. The van der Waals surface area contributed by atoms with Crippen molar-refractivity contribution in [2.45, 2.75) is 18.6 Å². The van der Waals surface area contributed by atoms with Crippen LogP contribution < -0.4 is 16.2 Å². The van der Waals surface area contributed by atoms with Gasteiger partial charge in [-0.3, -0.25) is 20.0 Å². The van der Waals surface area contributed by atoms with Crippen LogP contribution in [0.15, 0.2) is 35.1 Å². The first kappa shape index (κ1) is 16.3. The maximum Gasteiger partial charge on any atom is 0.420 e. The third-order valence-electron chi connectivity index (χ3n) is 4.03. The number of aryl methyl sites for hydroxylation is 1. The van der Waals surface area contributed by atoms with Crippen molar-refractivity contribution in [1.29, 1.82) is 0 Å². The quantitative estimate of drug-likeness (QED) is 0.762. The molecule has 2 aromatic rings. The van der Waals surface area contributed by atoms with Gasteiger partial charge >= 0.3 is 6.18 Å². The first-order valence-corrected chi connectivity index (χ1v) is 7.26. The van der Waals surface area contributed by atoms with E-state index in [2.05, 4.69) is 15.7 Å². The predicted octanol–water partition coefficient (Wildman–Crippen LogP) is 0.951. The van der Waals surface area contributed by atoms with Crippen molar-refractivity contribution in [3.63, 3.8) is 0 Å². The zero-order valence-electron chi connectivity index (χ0n) is 12.7. The number of aromatic nitrogens is 2. The normalized spacial score (nSPS) is 21.6.